The molecule has 1 heterocycles. The van der Waals surface area contributed by atoms with Gasteiger partial charge in [-0.2, -0.15) is 0 Å². The molecule has 5 aliphatic rings. The largest absolute Gasteiger partial charge is 0.469 e. The molecule has 4 aliphatic carbocycles. The normalized spacial score (nSPS) is 37.9. The number of ether oxygens (including phenoxy) is 2. The van der Waals surface area contributed by atoms with Gasteiger partial charge in [-0.25, -0.2) is 0 Å². The van der Waals surface area contributed by atoms with Crippen LogP contribution < -0.4 is 0 Å². The molecular formula is C20H28BrNO5. The first-order valence-corrected chi connectivity index (χ1v) is 10.8. The Labute approximate surface area is 168 Å². The van der Waals surface area contributed by atoms with Gasteiger partial charge in [0.2, 0.25) is 0 Å². The molecule has 0 aromatic carbocycles. The van der Waals surface area contributed by atoms with E-state index in [4.69, 9.17) is 9.47 Å². The van der Waals surface area contributed by atoms with Crippen molar-refractivity contribution in [3.05, 3.63) is 0 Å². The number of hydrogen-bond acceptors (Lipinski definition) is 5. The van der Waals surface area contributed by atoms with Crippen molar-refractivity contribution >= 4 is 33.8 Å². The molecule has 0 spiro atoms. The lowest BCUT2D eigenvalue weighted by atomic mass is 9.49. The molecule has 5 rings (SSSR count). The van der Waals surface area contributed by atoms with Crippen molar-refractivity contribution in [1.82, 2.24) is 4.90 Å². The Bertz CT molecular complexity index is 628. The Balaban J connectivity index is 1.30. The van der Waals surface area contributed by atoms with Gasteiger partial charge in [0.15, 0.2) is 6.61 Å². The van der Waals surface area contributed by atoms with Crippen molar-refractivity contribution < 1.29 is 23.9 Å². The molecule has 0 aromatic heterocycles. The van der Waals surface area contributed by atoms with Gasteiger partial charge in [0.1, 0.15) is 0 Å². The summed E-state index contributed by atoms with van der Waals surface area (Å²) in [5.41, 5.74) is -0.397. The predicted molar refractivity (Wildman–Crippen MR) is 101 cm³/mol. The SMILES string of the molecule is COC(=O)C1CCN(C(=O)COC(=O)C23CC4CC(CC(Br)(C4)C2)C3)CC1. The summed E-state index contributed by atoms with van der Waals surface area (Å²) >= 11 is 3.91. The molecular weight excluding hydrogens is 414 g/mol. The van der Waals surface area contributed by atoms with Gasteiger partial charge in [-0.15, -0.1) is 0 Å². The summed E-state index contributed by atoms with van der Waals surface area (Å²) in [5, 5.41) is 0. The van der Waals surface area contributed by atoms with Crippen LogP contribution in [0.3, 0.4) is 0 Å². The molecule has 6 nitrogen and oxygen atoms in total. The molecule has 1 amide bonds. The Morgan fingerprint density at radius 2 is 1.70 bits per heavy atom. The second kappa shape index (κ2) is 7.05. The number of halogens is 1. The summed E-state index contributed by atoms with van der Waals surface area (Å²) < 4.78 is 10.4. The van der Waals surface area contributed by atoms with Gasteiger partial charge < -0.3 is 14.4 Å². The Morgan fingerprint density at radius 3 is 2.26 bits per heavy atom. The number of amides is 1. The van der Waals surface area contributed by atoms with Gasteiger partial charge in [-0.1, -0.05) is 15.9 Å². The van der Waals surface area contributed by atoms with Gasteiger partial charge in [-0.3, -0.25) is 14.4 Å². The van der Waals surface area contributed by atoms with E-state index in [0.717, 1.165) is 32.1 Å². The van der Waals surface area contributed by atoms with Crippen LogP contribution in [0.2, 0.25) is 0 Å². The fraction of sp³-hybridized carbons (Fsp3) is 0.850. The van der Waals surface area contributed by atoms with Crippen molar-refractivity contribution in [3.63, 3.8) is 0 Å². The minimum Gasteiger partial charge on any atom is -0.469 e. The van der Waals surface area contributed by atoms with E-state index in [0.29, 0.717) is 37.8 Å². The van der Waals surface area contributed by atoms with Crippen molar-refractivity contribution in [1.29, 1.82) is 0 Å². The molecule has 2 unspecified atom stereocenters. The van der Waals surface area contributed by atoms with Crippen LogP contribution in [0, 0.1) is 23.2 Å². The molecule has 27 heavy (non-hydrogen) atoms. The highest BCUT2D eigenvalue weighted by atomic mass is 79.9. The minimum absolute atomic E-state index is 0.0931. The van der Waals surface area contributed by atoms with Crippen molar-refractivity contribution in [2.75, 3.05) is 26.8 Å². The van der Waals surface area contributed by atoms with E-state index in [-0.39, 0.29) is 34.7 Å². The third kappa shape index (κ3) is 3.64. The molecule has 0 radical (unpaired) electrons. The predicted octanol–water partition coefficient (Wildman–Crippen LogP) is 2.68. The summed E-state index contributed by atoms with van der Waals surface area (Å²) in [6.45, 7) is 0.833. The molecule has 1 saturated heterocycles. The molecule has 4 bridgehead atoms. The van der Waals surface area contributed by atoms with Crippen LogP contribution in [0.1, 0.15) is 51.4 Å². The number of alkyl halides is 1. The van der Waals surface area contributed by atoms with E-state index < -0.39 is 5.41 Å². The van der Waals surface area contributed by atoms with E-state index in [1.54, 1.807) is 4.90 Å². The Hall–Kier alpha value is -1.11. The van der Waals surface area contributed by atoms with E-state index >= 15 is 0 Å². The molecule has 0 aromatic rings. The maximum absolute atomic E-state index is 12.9. The minimum atomic E-state index is -0.397. The number of methoxy groups -OCH3 is 1. The lowest BCUT2D eigenvalue weighted by Gasteiger charge is -2.58. The Kier molecular flexibility index (Phi) is 5.02. The van der Waals surface area contributed by atoms with Crippen LogP contribution in [-0.2, 0) is 23.9 Å². The van der Waals surface area contributed by atoms with Crippen LogP contribution in [0.25, 0.3) is 0 Å². The summed E-state index contributed by atoms with van der Waals surface area (Å²) in [4.78, 5) is 38.7. The fourth-order valence-electron chi connectivity index (χ4n) is 6.29. The number of hydrogen-bond donors (Lipinski definition) is 0. The number of carbonyl (C=O) groups excluding carboxylic acids is 3. The van der Waals surface area contributed by atoms with Crippen molar-refractivity contribution in [2.45, 2.75) is 55.7 Å². The molecule has 4 saturated carbocycles. The molecule has 5 fully saturated rings. The molecule has 2 atom stereocenters. The van der Waals surface area contributed by atoms with E-state index in [9.17, 15) is 14.4 Å². The van der Waals surface area contributed by atoms with E-state index in [2.05, 4.69) is 15.9 Å². The molecule has 1 aliphatic heterocycles. The zero-order chi connectivity index (χ0) is 19.2. The monoisotopic (exact) mass is 441 g/mol. The highest BCUT2D eigenvalue weighted by Crippen LogP contribution is 2.64. The third-order valence-corrected chi connectivity index (χ3v) is 8.06. The van der Waals surface area contributed by atoms with E-state index in [1.807, 2.05) is 0 Å². The Morgan fingerprint density at radius 1 is 1.07 bits per heavy atom. The van der Waals surface area contributed by atoms with Crippen LogP contribution >= 0.6 is 15.9 Å². The fourth-order valence-corrected chi connectivity index (χ4v) is 7.74. The van der Waals surface area contributed by atoms with Gasteiger partial charge in [-0.05, 0) is 63.2 Å². The van der Waals surface area contributed by atoms with Crippen LogP contribution in [0.4, 0.5) is 0 Å². The summed E-state index contributed by atoms with van der Waals surface area (Å²) in [7, 11) is 1.39. The number of likely N-dealkylation sites (tertiary alicyclic amines) is 1. The first-order valence-electron chi connectivity index (χ1n) is 10.0. The average molecular weight is 442 g/mol. The molecule has 150 valence electrons. The van der Waals surface area contributed by atoms with Crippen molar-refractivity contribution in [3.8, 4) is 0 Å². The zero-order valence-corrected chi connectivity index (χ0v) is 17.5. The maximum atomic E-state index is 12.9. The summed E-state index contributed by atoms with van der Waals surface area (Å²) in [6.07, 6.45) is 7.42. The lowest BCUT2D eigenvalue weighted by molar-refractivity contribution is -0.173. The second-order valence-corrected chi connectivity index (χ2v) is 10.8. The van der Waals surface area contributed by atoms with Crippen molar-refractivity contribution in [2.24, 2.45) is 23.2 Å². The van der Waals surface area contributed by atoms with Gasteiger partial charge in [0, 0.05) is 17.4 Å². The number of esters is 2. The maximum Gasteiger partial charge on any atom is 0.312 e. The summed E-state index contributed by atoms with van der Waals surface area (Å²) in [5.74, 6) is 0.517. The smallest absolute Gasteiger partial charge is 0.312 e. The first kappa shape index (κ1) is 19.2. The van der Waals surface area contributed by atoms with Gasteiger partial charge >= 0.3 is 11.9 Å². The van der Waals surface area contributed by atoms with E-state index in [1.165, 1.54) is 13.5 Å². The highest BCUT2D eigenvalue weighted by molar-refractivity contribution is 9.10. The van der Waals surface area contributed by atoms with Crippen LogP contribution in [-0.4, -0.2) is 53.9 Å². The molecule has 0 N–H and O–H groups in total. The molecule has 7 heteroatoms. The van der Waals surface area contributed by atoms with Crippen LogP contribution in [0.5, 0.6) is 0 Å². The second-order valence-electron chi connectivity index (χ2n) is 9.15. The number of piperidine rings is 1. The summed E-state index contributed by atoms with van der Waals surface area (Å²) in [6, 6.07) is 0. The quantitative estimate of drug-likeness (QED) is 0.495. The van der Waals surface area contributed by atoms with Crippen LogP contribution in [0.15, 0.2) is 0 Å². The number of nitrogens with zero attached hydrogens (tertiary/aromatic N) is 1. The van der Waals surface area contributed by atoms with Gasteiger partial charge in [0.25, 0.3) is 5.91 Å². The number of carbonyl (C=O) groups is 3. The number of rotatable bonds is 4. The highest BCUT2D eigenvalue weighted by Gasteiger charge is 2.60. The lowest BCUT2D eigenvalue weighted by Crippen LogP contribution is -2.56. The average Bonchev–Trinajstić information content (AvgIpc) is 2.63. The zero-order valence-electron chi connectivity index (χ0n) is 15.9. The first-order chi connectivity index (χ1) is 12.8. The third-order valence-electron chi connectivity index (χ3n) is 7.13. The van der Waals surface area contributed by atoms with Gasteiger partial charge in [0.05, 0.1) is 18.4 Å². The topological polar surface area (TPSA) is 72.9 Å². The standard InChI is InChI=1S/C20H28BrNO5/c1-26-17(24)15-2-4-22(5-3-15)16(23)11-27-18(25)19-7-13-6-14(8-19)10-20(21,9-13)12-19/h13-15H,2-12H2,1H3.